The van der Waals surface area contributed by atoms with E-state index in [0.29, 0.717) is 23.6 Å². The number of carbonyl (C=O) groups excluding carboxylic acids is 1. The molecule has 0 bridgehead atoms. The highest BCUT2D eigenvalue weighted by Gasteiger charge is 2.32. The Balaban J connectivity index is 2.25. The molecule has 3 rings (SSSR count). The molecule has 1 aromatic heterocycles. The van der Waals surface area contributed by atoms with Crippen LogP contribution in [0.15, 0.2) is 36.9 Å². The van der Waals surface area contributed by atoms with Gasteiger partial charge in [0.2, 0.25) is 5.88 Å². The minimum absolute atomic E-state index is 0.0685. The highest BCUT2D eigenvalue weighted by molar-refractivity contribution is 6.03. The molecule has 0 radical (unpaired) electrons. The average Bonchev–Trinajstić information content (AvgIpc) is 2.79. The monoisotopic (exact) mass is 268 g/mol. The molecule has 20 heavy (non-hydrogen) atoms. The maximum atomic E-state index is 12.3. The number of hydrogen-bond acceptors (Lipinski definition) is 3. The molecule has 0 saturated carbocycles. The number of rotatable bonds is 2. The van der Waals surface area contributed by atoms with E-state index in [1.165, 1.54) is 0 Å². The highest BCUT2D eigenvalue weighted by atomic mass is 16.5. The summed E-state index contributed by atoms with van der Waals surface area (Å²) in [6.07, 6.45) is 0.250. The van der Waals surface area contributed by atoms with Crippen LogP contribution in [0.2, 0.25) is 0 Å². The number of fused-ring (bicyclic) bond motifs is 1. The zero-order chi connectivity index (χ0) is 14.3. The van der Waals surface area contributed by atoms with Crippen LogP contribution in [0, 0.1) is 0 Å². The van der Waals surface area contributed by atoms with Gasteiger partial charge in [-0.1, -0.05) is 24.8 Å². The number of ether oxygens (including phenoxy) is 1. The first-order valence-corrected chi connectivity index (χ1v) is 6.62. The Morgan fingerprint density at radius 1 is 1.40 bits per heavy atom. The summed E-state index contributed by atoms with van der Waals surface area (Å²) < 4.78 is 7.54. The molecular formula is C16H16N2O2. The summed E-state index contributed by atoms with van der Waals surface area (Å²) in [5.74, 6) is 0.594. The molecule has 0 N–H and O–H groups in total. The number of aromatic nitrogens is 2. The lowest BCUT2D eigenvalue weighted by Gasteiger charge is -2.21. The van der Waals surface area contributed by atoms with Gasteiger partial charge in [0.05, 0.1) is 5.69 Å². The van der Waals surface area contributed by atoms with E-state index in [2.05, 4.69) is 11.7 Å². The van der Waals surface area contributed by atoms with Gasteiger partial charge in [0.25, 0.3) is 0 Å². The largest absolute Gasteiger partial charge is 0.474 e. The summed E-state index contributed by atoms with van der Waals surface area (Å²) in [6, 6.07) is 9.66. The van der Waals surface area contributed by atoms with Crippen molar-refractivity contribution in [2.75, 3.05) is 0 Å². The number of ketones is 1. The van der Waals surface area contributed by atoms with Gasteiger partial charge in [0.15, 0.2) is 5.78 Å². The van der Waals surface area contributed by atoms with Gasteiger partial charge in [-0.25, -0.2) is 0 Å². The van der Waals surface area contributed by atoms with Crippen molar-refractivity contribution in [2.24, 2.45) is 0 Å². The first-order chi connectivity index (χ1) is 9.58. The Kier molecular flexibility index (Phi) is 2.93. The average molecular weight is 268 g/mol. The van der Waals surface area contributed by atoms with Crippen LogP contribution in [-0.4, -0.2) is 21.7 Å². The Morgan fingerprint density at radius 3 is 2.75 bits per heavy atom. The predicted molar refractivity (Wildman–Crippen MR) is 77.3 cm³/mol. The smallest absolute Gasteiger partial charge is 0.228 e. The second kappa shape index (κ2) is 4.63. The van der Waals surface area contributed by atoms with Crippen LogP contribution in [0.5, 0.6) is 5.88 Å². The Hall–Kier alpha value is -2.36. The van der Waals surface area contributed by atoms with E-state index in [1.54, 1.807) is 4.68 Å². The van der Waals surface area contributed by atoms with Gasteiger partial charge in [0, 0.05) is 6.42 Å². The van der Waals surface area contributed by atoms with Crippen LogP contribution in [0.25, 0.3) is 11.3 Å². The quantitative estimate of drug-likeness (QED) is 0.839. The van der Waals surface area contributed by atoms with Crippen LogP contribution in [0.4, 0.5) is 0 Å². The fourth-order valence-electron chi connectivity index (χ4n) is 2.40. The molecule has 0 amide bonds. The first-order valence-electron chi connectivity index (χ1n) is 6.62. The molecule has 4 nitrogen and oxygen atoms in total. The number of para-hydroxylation sites is 1. The zero-order valence-corrected chi connectivity index (χ0v) is 11.6. The summed E-state index contributed by atoms with van der Waals surface area (Å²) >= 11 is 0. The molecule has 1 aromatic carbocycles. The number of allylic oxidation sites excluding steroid dienone is 1. The van der Waals surface area contributed by atoms with Crippen LogP contribution in [0.3, 0.4) is 0 Å². The molecule has 2 heterocycles. The van der Waals surface area contributed by atoms with E-state index in [4.69, 9.17) is 4.74 Å². The third kappa shape index (κ3) is 1.93. The topological polar surface area (TPSA) is 44.1 Å². The second-order valence-corrected chi connectivity index (χ2v) is 5.11. The van der Waals surface area contributed by atoms with Gasteiger partial charge < -0.3 is 4.74 Å². The van der Waals surface area contributed by atoms with Crippen molar-refractivity contribution in [3.05, 3.63) is 48.2 Å². The van der Waals surface area contributed by atoms with E-state index in [1.807, 2.05) is 44.2 Å². The maximum Gasteiger partial charge on any atom is 0.228 e. The van der Waals surface area contributed by atoms with Gasteiger partial charge in [-0.3, -0.25) is 4.79 Å². The number of nitrogens with zero attached hydrogens (tertiary/aromatic N) is 2. The molecule has 1 unspecified atom stereocenters. The van der Waals surface area contributed by atoms with Crippen molar-refractivity contribution in [2.45, 2.75) is 26.4 Å². The fraction of sp³-hybridized carbons (Fsp3) is 0.250. The number of benzene rings is 1. The second-order valence-electron chi connectivity index (χ2n) is 5.11. The lowest BCUT2D eigenvalue weighted by molar-refractivity contribution is 0.0860. The normalized spacial score (nSPS) is 17.5. The molecule has 1 aliphatic rings. The molecule has 2 aromatic rings. The minimum atomic E-state index is -0.132. The molecule has 1 aliphatic heterocycles. The standard InChI is InChI=1S/C16H16N2O2/c1-10(2)15-14-13(19)9-11(3)20-16(14)18(17-15)12-7-5-4-6-8-12/h4-8,11H,1,9H2,2-3H3. The van der Waals surface area contributed by atoms with Crippen molar-refractivity contribution in [3.63, 3.8) is 0 Å². The summed E-state index contributed by atoms with van der Waals surface area (Å²) in [7, 11) is 0. The summed E-state index contributed by atoms with van der Waals surface area (Å²) in [4.78, 5) is 12.3. The molecule has 102 valence electrons. The highest BCUT2D eigenvalue weighted by Crippen LogP contribution is 2.35. The third-order valence-corrected chi connectivity index (χ3v) is 3.31. The zero-order valence-electron chi connectivity index (χ0n) is 11.6. The number of Topliss-reactive ketones (excluding diaryl/α,β-unsaturated/α-hetero) is 1. The van der Waals surface area contributed by atoms with Gasteiger partial charge in [-0.15, -0.1) is 0 Å². The van der Waals surface area contributed by atoms with Crippen LogP contribution in [0.1, 0.15) is 36.3 Å². The van der Waals surface area contributed by atoms with Crippen molar-refractivity contribution < 1.29 is 9.53 Å². The van der Waals surface area contributed by atoms with Crippen molar-refractivity contribution in [1.82, 2.24) is 9.78 Å². The summed E-state index contributed by atoms with van der Waals surface area (Å²) in [5, 5.41) is 4.52. The summed E-state index contributed by atoms with van der Waals surface area (Å²) in [5.41, 5.74) is 2.82. The SMILES string of the molecule is C=C(C)c1nn(-c2ccccc2)c2c1C(=O)CC(C)O2. The van der Waals surface area contributed by atoms with Crippen LogP contribution < -0.4 is 4.74 Å². The Bertz CT molecular complexity index is 686. The van der Waals surface area contributed by atoms with Gasteiger partial charge in [-0.05, 0) is 31.6 Å². The number of hydrogen-bond donors (Lipinski definition) is 0. The third-order valence-electron chi connectivity index (χ3n) is 3.31. The van der Waals surface area contributed by atoms with Crippen LogP contribution >= 0.6 is 0 Å². The lowest BCUT2D eigenvalue weighted by atomic mass is 10.0. The molecule has 4 heteroatoms. The van der Waals surface area contributed by atoms with Crippen molar-refractivity contribution in [3.8, 4) is 11.6 Å². The predicted octanol–water partition coefficient (Wildman–Crippen LogP) is 3.26. The number of carbonyl (C=O) groups is 1. The fourth-order valence-corrected chi connectivity index (χ4v) is 2.40. The van der Waals surface area contributed by atoms with Crippen LogP contribution in [-0.2, 0) is 0 Å². The van der Waals surface area contributed by atoms with Gasteiger partial charge in [0.1, 0.15) is 17.4 Å². The van der Waals surface area contributed by atoms with Gasteiger partial charge in [-0.2, -0.15) is 9.78 Å². The Labute approximate surface area is 117 Å². The molecule has 0 saturated heterocycles. The lowest BCUT2D eigenvalue weighted by Crippen LogP contribution is -2.25. The molecule has 0 spiro atoms. The van der Waals surface area contributed by atoms with Crippen molar-refractivity contribution in [1.29, 1.82) is 0 Å². The van der Waals surface area contributed by atoms with E-state index in [9.17, 15) is 4.79 Å². The van der Waals surface area contributed by atoms with E-state index < -0.39 is 0 Å². The first kappa shape index (κ1) is 12.7. The van der Waals surface area contributed by atoms with Gasteiger partial charge >= 0.3 is 0 Å². The minimum Gasteiger partial charge on any atom is -0.474 e. The molecule has 1 atom stereocenters. The van der Waals surface area contributed by atoms with Crippen molar-refractivity contribution >= 4 is 11.4 Å². The van der Waals surface area contributed by atoms with E-state index in [-0.39, 0.29) is 11.9 Å². The molecular weight excluding hydrogens is 252 g/mol. The molecule has 0 aliphatic carbocycles. The summed E-state index contributed by atoms with van der Waals surface area (Å²) in [6.45, 7) is 7.65. The van der Waals surface area contributed by atoms with E-state index >= 15 is 0 Å². The molecule has 0 fully saturated rings. The van der Waals surface area contributed by atoms with E-state index in [0.717, 1.165) is 11.3 Å². The maximum absolute atomic E-state index is 12.3. The Morgan fingerprint density at radius 2 is 2.10 bits per heavy atom.